The van der Waals surface area contributed by atoms with Crippen molar-refractivity contribution in [1.82, 2.24) is 0 Å². The highest BCUT2D eigenvalue weighted by atomic mass is 31.2. The van der Waals surface area contributed by atoms with E-state index in [4.69, 9.17) is 0 Å². The molecular formula is C21H48NO4P. The van der Waals surface area contributed by atoms with Gasteiger partial charge in [0.2, 0.25) is 0 Å². The van der Waals surface area contributed by atoms with Gasteiger partial charge >= 0.3 is 0 Å². The third kappa shape index (κ3) is 28.4. The van der Waals surface area contributed by atoms with Crippen LogP contribution in [0.2, 0.25) is 0 Å². The maximum atomic E-state index is 9.95. The van der Waals surface area contributed by atoms with Gasteiger partial charge in [-0.05, 0) is 12.8 Å². The smallest absolute Gasteiger partial charge is 0.267 e. The van der Waals surface area contributed by atoms with Crippen molar-refractivity contribution in [2.24, 2.45) is 0 Å². The number of quaternary nitrogens is 1. The van der Waals surface area contributed by atoms with E-state index in [-0.39, 0.29) is 0 Å². The first-order chi connectivity index (χ1) is 12.7. The summed E-state index contributed by atoms with van der Waals surface area (Å²) in [6, 6.07) is 0. The fourth-order valence-electron chi connectivity index (χ4n) is 2.86. The van der Waals surface area contributed by atoms with E-state index in [0.29, 0.717) is 0 Å². The van der Waals surface area contributed by atoms with Gasteiger partial charge in [0, 0.05) is 14.2 Å². The molecular weight excluding hydrogens is 361 g/mol. The van der Waals surface area contributed by atoms with Crippen molar-refractivity contribution in [2.45, 2.75) is 96.8 Å². The Morgan fingerprint density at radius 3 is 1.19 bits per heavy atom. The molecule has 0 saturated carbocycles. The van der Waals surface area contributed by atoms with E-state index in [9.17, 15) is 9.46 Å². The molecule has 0 aromatic heterocycles. The van der Waals surface area contributed by atoms with Gasteiger partial charge in [0.15, 0.2) is 0 Å². The molecule has 0 amide bonds. The Balaban J connectivity index is 0. The molecule has 6 heteroatoms. The van der Waals surface area contributed by atoms with Crippen molar-refractivity contribution in [1.29, 1.82) is 0 Å². The molecule has 0 aromatic carbocycles. The zero-order valence-electron chi connectivity index (χ0n) is 19.1. The lowest BCUT2D eigenvalue weighted by molar-refractivity contribution is -0.870. The lowest BCUT2D eigenvalue weighted by Gasteiger charge is -2.23. The molecule has 0 spiro atoms. The van der Waals surface area contributed by atoms with E-state index in [1.165, 1.54) is 96.4 Å². The number of nitrogens with zero attached hydrogens (tertiary/aromatic N) is 1. The van der Waals surface area contributed by atoms with E-state index in [0.717, 1.165) is 18.7 Å². The molecule has 0 rings (SSSR count). The number of phosphoric acid groups is 1. The van der Waals surface area contributed by atoms with Crippen LogP contribution in [0.25, 0.3) is 0 Å². The molecule has 0 fully saturated rings. The van der Waals surface area contributed by atoms with Crippen molar-refractivity contribution < 1.29 is 23.0 Å². The number of hydrogen-bond acceptors (Lipinski definition) is 4. The molecule has 0 atom stereocenters. The van der Waals surface area contributed by atoms with Crippen LogP contribution in [-0.2, 0) is 13.6 Å². The van der Waals surface area contributed by atoms with Gasteiger partial charge in [0.05, 0.1) is 27.7 Å². The van der Waals surface area contributed by atoms with Crippen LogP contribution in [0.5, 0.6) is 0 Å². The summed E-state index contributed by atoms with van der Waals surface area (Å²) in [7, 11) is 5.06. The molecule has 0 N–H and O–H groups in total. The predicted molar refractivity (Wildman–Crippen MR) is 115 cm³/mol. The second-order valence-corrected chi connectivity index (χ2v) is 10.0. The molecule has 0 aromatic rings. The molecule has 5 nitrogen and oxygen atoms in total. The summed E-state index contributed by atoms with van der Waals surface area (Å²) in [6.07, 6.45) is 20.4. The second-order valence-electron chi connectivity index (χ2n) is 8.42. The Bertz CT molecular complexity index is 338. The van der Waals surface area contributed by atoms with Crippen molar-refractivity contribution in [2.75, 3.05) is 41.9 Å². The van der Waals surface area contributed by atoms with E-state index < -0.39 is 7.82 Å². The molecule has 0 aliphatic heterocycles. The molecule has 0 aliphatic carbocycles. The quantitative estimate of drug-likeness (QED) is 0.170. The Morgan fingerprint density at radius 1 is 0.667 bits per heavy atom. The van der Waals surface area contributed by atoms with Gasteiger partial charge in [0.25, 0.3) is 7.82 Å². The molecule has 0 bridgehead atoms. The summed E-state index contributed by atoms with van der Waals surface area (Å²) >= 11 is 0. The van der Waals surface area contributed by atoms with Crippen molar-refractivity contribution in [3.8, 4) is 0 Å². The van der Waals surface area contributed by atoms with Crippen molar-refractivity contribution >= 4 is 7.82 Å². The normalized spacial score (nSPS) is 12.0. The number of rotatable bonds is 17. The van der Waals surface area contributed by atoms with Crippen molar-refractivity contribution in [3.05, 3.63) is 0 Å². The third-order valence-electron chi connectivity index (χ3n) is 4.63. The SMILES string of the molecule is CCCCCCCCCCCCCCCC[N+](C)(C)C.COP(=O)([O-])OC. The summed E-state index contributed by atoms with van der Waals surface area (Å²) in [5, 5.41) is 0. The molecule has 27 heavy (non-hydrogen) atoms. The Hall–Kier alpha value is 0.0700. The van der Waals surface area contributed by atoms with E-state index in [1.54, 1.807) is 0 Å². The van der Waals surface area contributed by atoms with Crippen LogP contribution in [0, 0.1) is 0 Å². The molecule has 0 saturated heterocycles. The van der Waals surface area contributed by atoms with E-state index in [2.05, 4.69) is 37.1 Å². The fraction of sp³-hybridized carbons (Fsp3) is 1.00. The average Bonchev–Trinajstić information content (AvgIpc) is 2.61. The van der Waals surface area contributed by atoms with Crippen molar-refractivity contribution in [3.63, 3.8) is 0 Å². The van der Waals surface area contributed by atoms with Gasteiger partial charge in [0.1, 0.15) is 0 Å². The van der Waals surface area contributed by atoms with Crippen LogP contribution in [0.4, 0.5) is 0 Å². The van der Waals surface area contributed by atoms with Crippen LogP contribution in [0.15, 0.2) is 0 Å². The molecule has 0 aliphatic rings. The first-order valence-electron chi connectivity index (χ1n) is 10.9. The minimum Gasteiger partial charge on any atom is -0.756 e. The molecule has 0 radical (unpaired) electrons. The highest BCUT2D eigenvalue weighted by Crippen LogP contribution is 2.34. The van der Waals surface area contributed by atoms with E-state index in [1.807, 2.05) is 0 Å². The number of phosphoric ester groups is 1. The summed E-state index contributed by atoms with van der Waals surface area (Å²) in [6.45, 7) is 3.63. The molecule has 0 unspecified atom stereocenters. The Morgan fingerprint density at radius 2 is 0.963 bits per heavy atom. The molecule has 0 heterocycles. The van der Waals surface area contributed by atoms with Gasteiger partial charge in [-0.3, -0.25) is 4.57 Å². The summed E-state index contributed by atoms with van der Waals surface area (Å²) in [4.78, 5) is 9.95. The number of unbranched alkanes of at least 4 members (excludes halogenated alkanes) is 13. The zero-order valence-corrected chi connectivity index (χ0v) is 20.0. The van der Waals surface area contributed by atoms with E-state index >= 15 is 0 Å². The highest BCUT2D eigenvalue weighted by Gasteiger charge is 2.04. The van der Waals surface area contributed by atoms with Crippen LogP contribution < -0.4 is 4.89 Å². The minimum absolute atomic E-state index is 1.04. The van der Waals surface area contributed by atoms with Gasteiger partial charge < -0.3 is 18.4 Å². The predicted octanol–water partition coefficient (Wildman–Crippen LogP) is 5.92. The standard InChI is InChI=1S/C19H42N.C2H7O4P/c1-5-6-7-8-9-10-11-12-13-14-15-16-17-18-19-20(2,3)4;1-5-7(3,4)6-2/h5-19H2,1-4H3;1-2H3,(H,3,4)/q+1;/p-1. The van der Waals surface area contributed by atoms with Gasteiger partial charge in [-0.25, -0.2) is 0 Å². The highest BCUT2D eigenvalue weighted by molar-refractivity contribution is 7.45. The maximum Gasteiger partial charge on any atom is 0.267 e. The summed E-state index contributed by atoms with van der Waals surface area (Å²) in [5.74, 6) is 0. The monoisotopic (exact) mass is 409 g/mol. The van der Waals surface area contributed by atoms with Crippen LogP contribution in [-0.4, -0.2) is 46.4 Å². The van der Waals surface area contributed by atoms with Crippen LogP contribution in [0.1, 0.15) is 96.8 Å². The summed E-state index contributed by atoms with van der Waals surface area (Å²) < 4.78 is 18.8. The Kier molecular flexibility index (Phi) is 21.0. The minimum atomic E-state index is -3.90. The fourth-order valence-corrected chi connectivity index (χ4v) is 3.00. The lowest BCUT2D eigenvalue weighted by atomic mass is 10.0. The third-order valence-corrected chi connectivity index (χ3v) is 5.52. The lowest BCUT2D eigenvalue weighted by Crippen LogP contribution is -2.35. The van der Waals surface area contributed by atoms with Crippen LogP contribution in [0.3, 0.4) is 0 Å². The second kappa shape index (κ2) is 19.4. The number of hydrogen-bond donors (Lipinski definition) is 0. The maximum absolute atomic E-state index is 9.95. The van der Waals surface area contributed by atoms with Gasteiger partial charge in [-0.15, -0.1) is 0 Å². The summed E-state index contributed by atoms with van der Waals surface area (Å²) in [5.41, 5.74) is 0. The van der Waals surface area contributed by atoms with Gasteiger partial charge in [-0.1, -0.05) is 84.0 Å². The first kappa shape index (κ1) is 29.3. The Labute approximate surface area is 170 Å². The van der Waals surface area contributed by atoms with Gasteiger partial charge in [-0.2, -0.15) is 0 Å². The first-order valence-corrected chi connectivity index (χ1v) is 12.4. The largest absolute Gasteiger partial charge is 0.756 e. The molecule has 166 valence electrons. The topological polar surface area (TPSA) is 58.6 Å². The average molecular weight is 410 g/mol. The zero-order chi connectivity index (χ0) is 21.0. The van der Waals surface area contributed by atoms with Crippen LogP contribution >= 0.6 is 7.82 Å².